The number of hydrogen-bond donors (Lipinski definition) is 2. The van der Waals surface area contributed by atoms with Gasteiger partial charge in [0.25, 0.3) is 0 Å². The van der Waals surface area contributed by atoms with Crippen LogP contribution < -0.4 is 0 Å². The van der Waals surface area contributed by atoms with Gasteiger partial charge in [-0.3, -0.25) is 4.79 Å². The van der Waals surface area contributed by atoms with Crippen molar-refractivity contribution in [3.63, 3.8) is 0 Å². The fraction of sp³-hybridized carbons (Fsp3) is 0.875. The number of hydrogen-bond acceptors (Lipinski definition) is 4. The molecule has 0 fully saturated rings. The van der Waals surface area contributed by atoms with Crippen LogP contribution in [0.2, 0.25) is 0 Å². The lowest BCUT2D eigenvalue weighted by molar-refractivity contribution is -0.132. The number of amides is 1. The van der Waals surface area contributed by atoms with Crippen LogP contribution >= 0.6 is 0 Å². The van der Waals surface area contributed by atoms with Gasteiger partial charge in [0, 0.05) is 13.1 Å². The van der Waals surface area contributed by atoms with E-state index in [-0.39, 0.29) is 32.2 Å². The van der Waals surface area contributed by atoms with Gasteiger partial charge in [0.2, 0.25) is 5.91 Å². The highest BCUT2D eigenvalue weighted by Crippen LogP contribution is 1.90. The van der Waals surface area contributed by atoms with Gasteiger partial charge in [-0.2, -0.15) is 0 Å². The number of rotatable bonds is 6. The van der Waals surface area contributed by atoms with E-state index in [0.29, 0.717) is 6.54 Å². The molecular weight excluding hydrogens is 172 g/mol. The molecule has 0 atom stereocenters. The molecule has 0 aromatic rings. The van der Waals surface area contributed by atoms with E-state index in [1.807, 2.05) is 0 Å². The van der Waals surface area contributed by atoms with E-state index in [2.05, 4.69) is 0 Å². The molecule has 0 bridgehead atoms. The van der Waals surface area contributed by atoms with Gasteiger partial charge in [0.15, 0.2) is 0 Å². The fourth-order valence-corrected chi connectivity index (χ4v) is 0.973. The van der Waals surface area contributed by atoms with E-state index in [4.69, 9.17) is 10.2 Å². The Balaban J connectivity index is 3.95. The fourth-order valence-electron chi connectivity index (χ4n) is 0.973. The summed E-state index contributed by atoms with van der Waals surface area (Å²) in [5, 5.41) is 17.3. The minimum Gasteiger partial charge on any atom is -0.395 e. The minimum absolute atomic E-state index is 0.0703. The summed E-state index contributed by atoms with van der Waals surface area (Å²) < 4.78 is 0. The monoisotopic (exact) mass is 190 g/mol. The Morgan fingerprint density at radius 3 is 1.92 bits per heavy atom. The average molecular weight is 190 g/mol. The highest BCUT2D eigenvalue weighted by molar-refractivity contribution is 5.78. The zero-order valence-corrected chi connectivity index (χ0v) is 8.23. The second-order valence-electron chi connectivity index (χ2n) is 3.07. The first kappa shape index (κ1) is 12.3. The number of carbonyl (C=O) groups excluding carboxylic acids is 1. The maximum absolute atomic E-state index is 11.4. The van der Waals surface area contributed by atoms with Crippen molar-refractivity contribution in [2.45, 2.75) is 0 Å². The van der Waals surface area contributed by atoms with Crippen molar-refractivity contribution in [1.82, 2.24) is 9.80 Å². The lowest BCUT2D eigenvalue weighted by atomic mass is 10.4. The molecule has 5 nitrogen and oxygen atoms in total. The summed E-state index contributed by atoms with van der Waals surface area (Å²) in [4.78, 5) is 14.6. The van der Waals surface area contributed by atoms with Crippen LogP contribution in [0.3, 0.4) is 0 Å². The quantitative estimate of drug-likeness (QED) is 0.527. The van der Waals surface area contributed by atoms with Gasteiger partial charge in [0.05, 0.1) is 19.8 Å². The van der Waals surface area contributed by atoms with Crippen molar-refractivity contribution >= 4 is 5.91 Å². The summed E-state index contributed by atoms with van der Waals surface area (Å²) in [5.41, 5.74) is 0. The van der Waals surface area contributed by atoms with E-state index in [9.17, 15) is 4.79 Å². The SMILES string of the molecule is CN(C)CC(=O)N(CCO)CCO. The Kier molecular flexibility index (Phi) is 6.48. The van der Waals surface area contributed by atoms with E-state index in [1.54, 1.807) is 19.0 Å². The van der Waals surface area contributed by atoms with E-state index in [0.717, 1.165) is 0 Å². The molecule has 0 aliphatic rings. The predicted molar refractivity (Wildman–Crippen MR) is 49.3 cm³/mol. The molecule has 0 aromatic heterocycles. The molecule has 2 N–H and O–H groups in total. The largest absolute Gasteiger partial charge is 0.395 e. The lowest BCUT2D eigenvalue weighted by Crippen LogP contribution is -2.40. The Bertz CT molecular complexity index is 144. The molecule has 0 aliphatic heterocycles. The summed E-state index contributed by atoms with van der Waals surface area (Å²) in [6.45, 7) is 0.735. The molecule has 0 rings (SSSR count). The summed E-state index contributed by atoms with van der Waals surface area (Å²) in [5.74, 6) is -0.0758. The number of aliphatic hydroxyl groups is 2. The Hall–Kier alpha value is -0.650. The Morgan fingerprint density at radius 1 is 1.15 bits per heavy atom. The predicted octanol–water partition coefficient (Wildman–Crippen LogP) is -1.64. The maximum atomic E-state index is 11.4. The van der Waals surface area contributed by atoms with Crippen molar-refractivity contribution in [2.24, 2.45) is 0 Å². The van der Waals surface area contributed by atoms with Gasteiger partial charge < -0.3 is 20.0 Å². The number of nitrogens with zero attached hydrogens (tertiary/aromatic N) is 2. The van der Waals surface area contributed by atoms with Crippen LogP contribution in [0.1, 0.15) is 0 Å². The molecule has 0 saturated carbocycles. The zero-order chi connectivity index (χ0) is 10.3. The van der Waals surface area contributed by atoms with Crippen LogP contribution in [0.4, 0.5) is 0 Å². The molecule has 0 saturated heterocycles. The average Bonchev–Trinajstić information content (AvgIpc) is 2.02. The number of aliphatic hydroxyl groups excluding tert-OH is 2. The number of likely N-dealkylation sites (N-methyl/N-ethyl adjacent to an activating group) is 1. The molecule has 0 radical (unpaired) electrons. The first-order valence-corrected chi connectivity index (χ1v) is 4.26. The van der Waals surface area contributed by atoms with Gasteiger partial charge >= 0.3 is 0 Å². The third-order valence-corrected chi connectivity index (χ3v) is 1.54. The van der Waals surface area contributed by atoms with Gasteiger partial charge in [-0.25, -0.2) is 0 Å². The Morgan fingerprint density at radius 2 is 1.62 bits per heavy atom. The first-order valence-electron chi connectivity index (χ1n) is 4.26. The van der Waals surface area contributed by atoms with E-state index in [1.165, 1.54) is 4.90 Å². The van der Waals surface area contributed by atoms with Crippen molar-refractivity contribution in [2.75, 3.05) is 46.9 Å². The van der Waals surface area contributed by atoms with Gasteiger partial charge in [-0.15, -0.1) is 0 Å². The van der Waals surface area contributed by atoms with Crippen LogP contribution in [-0.4, -0.2) is 72.9 Å². The second kappa shape index (κ2) is 6.82. The maximum Gasteiger partial charge on any atom is 0.236 e. The van der Waals surface area contributed by atoms with Crippen molar-refractivity contribution in [3.05, 3.63) is 0 Å². The molecule has 0 aromatic carbocycles. The van der Waals surface area contributed by atoms with Crippen LogP contribution in [0.5, 0.6) is 0 Å². The molecule has 0 heterocycles. The molecule has 0 spiro atoms. The van der Waals surface area contributed by atoms with E-state index >= 15 is 0 Å². The van der Waals surface area contributed by atoms with Crippen molar-refractivity contribution < 1.29 is 15.0 Å². The third-order valence-electron chi connectivity index (χ3n) is 1.54. The standard InChI is InChI=1S/C8H18N2O3/c1-9(2)7-8(13)10(3-5-11)4-6-12/h11-12H,3-7H2,1-2H3. The molecule has 13 heavy (non-hydrogen) atoms. The van der Waals surface area contributed by atoms with Crippen LogP contribution in [0, 0.1) is 0 Å². The molecule has 78 valence electrons. The normalized spacial score (nSPS) is 10.5. The molecule has 0 aliphatic carbocycles. The topological polar surface area (TPSA) is 64.0 Å². The first-order chi connectivity index (χ1) is 6.11. The van der Waals surface area contributed by atoms with Crippen LogP contribution in [0.25, 0.3) is 0 Å². The summed E-state index contributed by atoms with van der Waals surface area (Å²) in [6.07, 6.45) is 0. The van der Waals surface area contributed by atoms with E-state index < -0.39 is 0 Å². The van der Waals surface area contributed by atoms with Crippen LogP contribution in [0.15, 0.2) is 0 Å². The molecular formula is C8H18N2O3. The van der Waals surface area contributed by atoms with Crippen molar-refractivity contribution in [1.29, 1.82) is 0 Å². The summed E-state index contributed by atoms with van der Waals surface area (Å²) in [7, 11) is 3.60. The van der Waals surface area contributed by atoms with Gasteiger partial charge in [-0.05, 0) is 14.1 Å². The highest BCUT2D eigenvalue weighted by Gasteiger charge is 2.12. The summed E-state index contributed by atoms with van der Waals surface area (Å²) in [6, 6.07) is 0. The lowest BCUT2D eigenvalue weighted by Gasteiger charge is -2.22. The molecule has 1 amide bonds. The number of carbonyl (C=O) groups is 1. The van der Waals surface area contributed by atoms with Gasteiger partial charge in [0.1, 0.15) is 0 Å². The van der Waals surface area contributed by atoms with Crippen molar-refractivity contribution in [3.8, 4) is 0 Å². The second-order valence-corrected chi connectivity index (χ2v) is 3.07. The molecule has 0 unspecified atom stereocenters. The third kappa shape index (κ3) is 5.57. The van der Waals surface area contributed by atoms with Crippen LogP contribution in [-0.2, 0) is 4.79 Å². The highest BCUT2D eigenvalue weighted by atomic mass is 16.3. The zero-order valence-electron chi connectivity index (χ0n) is 8.23. The smallest absolute Gasteiger partial charge is 0.236 e. The minimum atomic E-state index is -0.0758. The molecule has 5 heteroatoms. The Labute approximate surface area is 78.6 Å². The van der Waals surface area contributed by atoms with Gasteiger partial charge in [-0.1, -0.05) is 0 Å². The summed E-state index contributed by atoms with van der Waals surface area (Å²) >= 11 is 0.